The molecule has 3 fully saturated rings. The summed E-state index contributed by atoms with van der Waals surface area (Å²) >= 11 is 3.55. The summed E-state index contributed by atoms with van der Waals surface area (Å²) < 4.78 is 0. The van der Waals surface area contributed by atoms with Crippen molar-refractivity contribution >= 4 is 53.4 Å². The van der Waals surface area contributed by atoms with Gasteiger partial charge < -0.3 is 36.3 Å². The minimum absolute atomic E-state index is 0.00891. The predicted molar refractivity (Wildman–Crippen MR) is 177 cm³/mol. The van der Waals surface area contributed by atoms with Gasteiger partial charge in [-0.25, -0.2) is 0 Å². The predicted octanol–water partition coefficient (Wildman–Crippen LogP) is 3.05. The van der Waals surface area contributed by atoms with E-state index in [0.717, 1.165) is 50.6 Å². The summed E-state index contributed by atoms with van der Waals surface area (Å²) in [5.74, 6) is -0.241. The molecule has 7 N–H and O–H groups in total. The van der Waals surface area contributed by atoms with E-state index in [1.54, 1.807) is 23.5 Å². The summed E-state index contributed by atoms with van der Waals surface area (Å²) in [4.78, 5) is 52.0. The molecular weight excluding hydrogens is 629 g/mol. The fourth-order valence-corrected chi connectivity index (χ4v) is 9.19. The number of H-pyrrole nitrogens is 1. The van der Waals surface area contributed by atoms with Gasteiger partial charge in [-0.15, -0.1) is 0 Å². The Balaban J connectivity index is 1.33. The number of hydrogen-bond donors (Lipinski definition) is 7. The largest absolute Gasteiger partial charge is 0.481 e. The van der Waals surface area contributed by atoms with Crippen molar-refractivity contribution in [2.75, 3.05) is 11.5 Å². The summed E-state index contributed by atoms with van der Waals surface area (Å²) in [5.41, 5.74) is 7.25. The third-order valence-corrected chi connectivity index (χ3v) is 12.3. The van der Waals surface area contributed by atoms with Crippen molar-refractivity contribution < 1.29 is 34.5 Å². The first kappa shape index (κ1) is 32.8. The molecule has 8 atom stereocenters. The Labute approximate surface area is 276 Å². The molecule has 0 spiro atoms. The van der Waals surface area contributed by atoms with E-state index in [4.69, 9.17) is 0 Å². The summed E-state index contributed by atoms with van der Waals surface area (Å²) in [7, 11) is 0. The van der Waals surface area contributed by atoms with Gasteiger partial charge in [0.15, 0.2) is 0 Å². The topological polar surface area (TPSA) is 181 Å². The average Bonchev–Trinajstić information content (AvgIpc) is 3.91. The van der Waals surface area contributed by atoms with Crippen LogP contribution < -0.4 is 16.0 Å². The van der Waals surface area contributed by atoms with E-state index >= 15 is 0 Å². The molecule has 5 aliphatic rings. The van der Waals surface area contributed by atoms with E-state index in [1.165, 1.54) is 0 Å². The van der Waals surface area contributed by atoms with Gasteiger partial charge in [0.05, 0.1) is 12.1 Å². The zero-order valence-corrected chi connectivity index (χ0v) is 28.1. The molecule has 248 valence electrons. The van der Waals surface area contributed by atoms with Crippen LogP contribution in [-0.4, -0.2) is 84.2 Å². The third-order valence-electron chi connectivity index (χ3n) is 10.3. The van der Waals surface area contributed by atoms with Crippen molar-refractivity contribution in [3.63, 3.8) is 0 Å². The molecule has 3 saturated heterocycles. The molecule has 0 bridgehead atoms. The van der Waals surface area contributed by atoms with Crippen LogP contribution in [0.25, 0.3) is 6.08 Å². The first-order chi connectivity index (χ1) is 21.8. The third kappa shape index (κ3) is 6.37. The molecule has 6 rings (SSSR count). The van der Waals surface area contributed by atoms with Crippen LogP contribution in [-0.2, 0) is 25.6 Å². The molecule has 46 heavy (non-hydrogen) atoms. The van der Waals surface area contributed by atoms with Gasteiger partial charge in [-0.1, -0.05) is 6.92 Å². The monoisotopic (exact) mass is 670 g/mol. The number of hydrogen-bond acceptors (Lipinski definition) is 8. The summed E-state index contributed by atoms with van der Waals surface area (Å²) in [6.07, 6.45) is 1.87. The number of carboxylic acids is 2. The highest BCUT2D eigenvalue weighted by Gasteiger charge is 2.51. The van der Waals surface area contributed by atoms with E-state index < -0.39 is 24.1 Å². The van der Waals surface area contributed by atoms with Crippen LogP contribution in [0.2, 0.25) is 0 Å². The summed E-state index contributed by atoms with van der Waals surface area (Å²) in [6.45, 7) is 7.76. The smallest absolute Gasteiger partial charge is 0.303 e. The standard InChI is InChI=1S/C33H42N4O7S2/c1-13-17(5-7-25(38)39)21(34-19(13)9-20-15(3)28(24-12-46-24)33(44)36-20)10-22-18(6-8-26(40)41)14(2)29(35-22)31(42)30-27(23-11-45-23)16(4)32(43)37-30/h10,16,19-20,23-24,27,30-31,34-35,42H,5-9,11-12H2,1-4H3,(H,36,44)(H,37,43)(H,38,39)(H,40,41)/b21-10+/t16-,19?,20-,23+,24-,27+,30?,31+/m1/s1. The Morgan fingerprint density at radius 2 is 1.61 bits per heavy atom. The molecule has 6 heterocycles. The molecule has 11 nitrogen and oxygen atoms in total. The minimum atomic E-state index is -1.01. The van der Waals surface area contributed by atoms with Crippen molar-refractivity contribution in [1.29, 1.82) is 0 Å². The molecule has 0 radical (unpaired) electrons. The van der Waals surface area contributed by atoms with Crippen molar-refractivity contribution in [3.05, 3.63) is 50.5 Å². The molecule has 2 unspecified atom stereocenters. The van der Waals surface area contributed by atoms with Crippen LogP contribution in [0.15, 0.2) is 28.0 Å². The number of aliphatic hydroxyl groups is 1. The van der Waals surface area contributed by atoms with Crippen LogP contribution >= 0.6 is 23.5 Å². The molecule has 0 aliphatic carbocycles. The molecule has 0 saturated carbocycles. The van der Waals surface area contributed by atoms with Gasteiger partial charge in [-0.05, 0) is 74.0 Å². The highest BCUT2D eigenvalue weighted by molar-refractivity contribution is 8.07. The van der Waals surface area contributed by atoms with Gasteiger partial charge in [0.2, 0.25) is 11.8 Å². The van der Waals surface area contributed by atoms with E-state index in [9.17, 15) is 34.5 Å². The lowest BCUT2D eigenvalue weighted by Crippen LogP contribution is -2.37. The zero-order valence-electron chi connectivity index (χ0n) is 26.4. The lowest BCUT2D eigenvalue weighted by Gasteiger charge is -2.25. The van der Waals surface area contributed by atoms with Crippen molar-refractivity contribution in [2.24, 2.45) is 11.8 Å². The second-order valence-corrected chi connectivity index (χ2v) is 15.7. The van der Waals surface area contributed by atoms with E-state index in [1.807, 2.05) is 33.8 Å². The number of aromatic nitrogens is 1. The average molecular weight is 671 g/mol. The van der Waals surface area contributed by atoms with E-state index in [2.05, 4.69) is 20.9 Å². The van der Waals surface area contributed by atoms with Crippen LogP contribution in [0.4, 0.5) is 0 Å². The zero-order chi connectivity index (χ0) is 33.0. The number of allylic oxidation sites excluding steroid dienone is 1. The number of amides is 2. The number of carbonyl (C=O) groups is 4. The SMILES string of the molecule is CC1=C(CCC(=O)O)/C(=C\c2[nH]c([C@H](O)C3NC(=O)[C@H](C)[C@H]3[C@@H]3CS3)c(C)c2CCC(=O)O)NC1C[C@H]1NC(=O)C([C@H]2CS2)=C1C. The minimum Gasteiger partial charge on any atom is -0.481 e. The van der Waals surface area contributed by atoms with Crippen LogP contribution in [0.3, 0.4) is 0 Å². The number of rotatable bonds is 13. The number of aromatic amines is 1. The number of aliphatic carboxylic acids is 2. The van der Waals surface area contributed by atoms with E-state index in [-0.39, 0.29) is 60.2 Å². The van der Waals surface area contributed by atoms with Gasteiger partial charge in [-0.2, -0.15) is 23.5 Å². The summed E-state index contributed by atoms with van der Waals surface area (Å²) in [5, 5.41) is 41.0. The van der Waals surface area contributed by atoms with Crippen molar-refractivity contribution in [1.82, 2.24) is 20.9 Å². The fraction of sp³-hybridized carbons (Fsp3) is 0.576. The van der Waals surface area contributed by atoms with Gasteiger partial charge in [-0.3, -0.25) is 19.2 Å². The molecule has 1 aromatic heterocycles. The Morgan fingerprint density at radius 1 is 0.957 bits per heavy atom. The lowest BCUT2D eigenvalue weighted by molar-refractivity contribution is -0.138. The Kier molecular flexibility index (Phi) is 9.12. The van der Waals surface area contributed by atoms with Gasteiger partial charge in [0, 0.05) is 75.4 Å². The molecule has 1 aromatic rings. The van der Waals surface area contributed by atoms with Gasteiger partial charge >= 0.3 is 11.9 Å². The highest BCUT2D eigenvalue weighted by atomic mass is 32.2. The molecule has 5 aliphatic heterocycles. The summed E-state index contributed by atoms with van der Waals surface area (Å²) in [6, 6.07) is -0.734. The fourth-order valence-electron chi connectivity index (χ4n) is 7.51. The number of aliphatic hydroxyl groups excluding tert-OH is 1. The molecule has 2 amide bonds. The van der Waals surface area contributed by atoms with Gasteiger partial charge in [0.25, 0.3) is 0 Å². The number of thioether (sulfide) groups is 2. The van der Waals surface area contributed by atoms with Crippen LogP contribution in [0, 0.1) is 18.8 Å². The number of nitrogens with one attached hydrogen (secondary N) is 4. The molecule has 13 heteroatoms. The van der Waals surface area contributed by atoms with Crippen LogP contribution in [0.5, 0.6) is 0 Å². The maximum atomic E-state index is 12.7. The molecule has 0 aromatic carbocycles. The molecular formula is C33H42N4O7S2. The normalized spacial score (nSPS) is 31.8. The van der Waals surface area contributed by atoms with E-state index in [0.29, 0.717) is 29.5 Å². The lowest BCUT2D eigenvalue weighted by atomic mass is 9.85. The van der Waals surface area contributed by atoms with Crippen LogP contribution in [0.1, 0.15) is 75.1 Å². The van der Waals surface area contributed by atoms with Crippen molar-refractivity contribution in [2.45, 2.75) is 94.5 Å². The first-order valence-corrected chi connectivity index (χ1v) is 18.0. The maximum absolute atomic E-state index is 12.7. The Morgan fingerprint density at radius 3 is 2.24 bits per heavy atom. The quantitative estimate of drug-likeness (QED) is 0.154. The van der Waals surface area contributed by atoms with Crippen molar-refractivity contribution in [3.8, 4) is 0 Å². The Bertz CT molecular complexity index is 1570. The number of carboxylic acid groups (broad SMARTS) is 2. The first-order valence-electron chi connectivity index (χ1n) is 15.9. The second-order valence-electron chi connectivity index (χ2n) is 13.2. The maximum Gasteiger partial charge on any atom is 0.303 e. The van der Waals surface area contributed by atoms with Gasteiger partial charge in [0.1, 0.15) is 6.10 Å². The second kappa shape index (κ2) is 12.8. The number of carbonyl (C=O) groups excluding carboxylic acids is 2. The Hall–Kier alpha value is -3.16. The highest BCUT2D eigenvalue weighted by Crippen LogP contribution is 2.47.